The van der Waals surface area contributed by atoms with E-state index in [0.29, 0.717) is 25.3 Å². The van der Waals surface area contributed by atoms with Crippen molar-refractivity contribution in [2.45, 2.75) is 33.1 Å². The monoisotopic (exact) mass is 396 g/mol. The summed E-state index contributed by atoms with van der Waals surface area (Å²) in [5.74, 6) is 3.07. The zero-order valence-corrected chi connectivity index (χ0v) is 17.1. The molecule has 1 saturated heterocycles. The number of fused-ring (bicyclic) bond motifs is 1. The highest BCUT2D eigenvalue weighted by atomic mass is 16.2. The van der Waals surface area contributed by atoms with Gasteiger partial charge in [0, 0.05) is 51.3 Å². The number of aromatic amines is 1. The van der Waals surface area contributed by atoms with Crippen molar-refractivity contribution in [3.05, 3.63) is 24.3 Å². The van der Waals surface area contributed by atoms with Crippen LogP contribution >= 0.6 is 0 Å². The van der Waals surface area contributed by atoms with E-state index in [1.54, 1.807) is 18.2 Å². The predicted molar refractivity (Wildman–Crippen MR) is 111 cm³/mol. The number of carbonyl (C=O) groups is 1. The fourth-order valence-corrected chi connectivity index (χ4v) is 4.27. The Bertz CT molecular complexity index is 944. The summed E-state index contributed by atoms with van der Waals surface area (Å²) in [6.45, 7) is 7.79. The van der Waals surface area contributed by atoms with Crippen molar-refractivity contribution in [3.8, 4) is 0 Å². The van der Waals surface area contributed by atoms with Gasteiger partial charge in [0.05, 0.1) is 11.9 Å². The third-order valence-electron chi connectivity index (χ3n) is 6.06. The molecular formula is C21H28N6O2. The zero-order valence-electron chi connectivity index (χ0n) is 17.1. The molecule has 2 fully saturated rings. The maximum atomic E-state index is 12.0. The summed E-state index contributed by atoms with van der Waals surface area (Å²) in [4.78, 5) is 42.0. The summed E-state index contributed by atoms with van der Waals surface area (Å²) in [6, 6.07) is 2.01. The lowest BCUT2D eigenvalue weighted by molar-refractivity contribution is -0.128. The molecule has 0 unspecified atom stereocenters. The molecule has 0 radical (unpaired) electrons. The lowest BCUT2D eigenvalue weighted by Crippen LogP contribution is -2.39. The molecule has 0 aromatic carbocycles. The molecular weight excluding hydrogens is 368 g/mol. The molecule has 29 heavy (non-hydrogen) atoms. The first-order valence-electron chi connectivity index (χ1n) is 10.3. The Balaban J connectivity index is 1.55. The van der Waals surface area contributed by atoms with E-state index in [4.69, 9.17) is 0 Å². The van der Waals surface area contributed by atoms with Gasteiger partial charge in [0.2, 0.25) is 5.91 Å². The Kier molecular flexibility index (Phi) is 5.28. The van der Waals surface area contributed by atoms with Gasteiger partial charge in [-0.3, -0.25) is 4.79 Å². The van der Waals surface area contributed by atoms with Gasteiger partial charge in [-0.15, -0.1) is 0 Å². The highest BCUT2D eigenvalue weighted by Crippen LogP contribution is 2.49. The standard InChI is InChI=1S/C21H28N6O2/c1-3-8-25(16(2)29)11-17(12-28)26-9-10-27(14-21(13-26)5-6-21)20-18-4-7-22-19(18)23-15-24-20/h4,7,15H,3,5-6,8-11,13-14H2,1-2H3,(H,22,23,24). The smallest absolute Gasteiger partial charge is 0.219 e. The molecule has 1 saturated carbocycles. The normalized spacial score (nSPS) is 17.9. The summed E-state index contributed by atoms with van der Waals surface area (Å²) in [7, 11) is 0. The number of nitrogens with one attached hydrogen (secondary N) is 1. The Morgan fingerprint density at radius 1 is 1.31 bits per heavy atom. The maximum Gasteiger partial charge on any atom is 0.219 e. The van der Waals surface area contributed by atoms with E-state index in [9.17, 15) is 9.59 Å². The highest BCUT2D eigenvalue weighted by Gasteiger charge is 2.47. The highest BCUT2D eigenvalue weighted by molar-refractivity contribution is 5.87. The van der Waals surface area contributed by atoms with Gasteiger partial charge < -0.3 is 19.7 Å². The fraction of sp³-hybridized carbons (Fsp3) is 0.571. The van der Waals surface area contributed by atoms with Gasteiger partial charge in [-0.2, -0.15) is 0 Å². The number of amides is 1. The summed E-state index contributed by atoms with van der Waals surface area (Å²) < 4.78 is 0. The topological polar surface area (TPSA) is 85.4 Å². The summed E-state index contributed by atoms with van der Waals surface area (Å²) in [6.07, 6.45) is 6.63. The minimum atomic E-state index is -0.00646. The molecule has 2 aliphatic rings. The van der Waals surface area contributed by atoms with E-state index in [1.165, 1.54) is 0 Å². The second-order valence-corrected chi connectivity index (χ2v) is 8.27. The molecule has 3 heterocycles. The fourth-order valence-electron chi connectivity index (χ4n) is 4.27. The Morgan fingerprint density at radius 2 is 2.14 bits per heavy atom. The van der Waals surface area contributed by atoms with Crippen LogP contribution in [0, 0.1) is 5.41 Å². The first-order chi connectivity index (χ1) is 14.0. The van der Waals surface area contributed by atoms with Gasteiger partial charge in [-0.1, -0.05) is 6.92 Å². The lowest BCUT2D eigenvalue weighted by Gasteiger charge is -2.29. The van der Waals surface area contributed by atoms with Crippen molar-refractivity contribution in [1.29, 1.82) is 0 Å². The van der Waals surface area contributed by atoms with Crippen LogP contribution in [0.1, 0.15) is 33.1 Å². The number of aromatic nitrogens is 3. The second-order valence-electron chi connectivity index (χ2n) is 8.27. The van der Waals surface area contributed by atoms with E-state index in [2.05, 4.69) is 30.7 Å². The molecule has 1 N–H and O–H groups in total. The first kappa shape index (κ1) is 19.5. The molecule has 8 heteroatoms. The maximum absolute atomic E-state index is 12.0. The second kappa shape index (κ2) is 7.87. The van der Waals surface area contributed by atoms with E-state index in [-0.39, 0.29) is 11.3 Å². The Morgan fingerprint density at radius 3 is 2.83 bits per heavy atom. The van der Waals surface area contributed by atoms with Crippen LogP contribution in [0.2, 0.25) is 0 Å². The molecule has 4 rings (SSSR count). The third kappa shape index (κ3) is 3.98. The van der Waals surface area contributed by atoms with Crippen LogP contribution in [-0.2, 0) is 9.59 Å². The molecule has 2 aromatic rings. The predicted octanol–water partition coefficient (Wildman–Crippen LogP) is 1.83. The van der Waals surface area contributed by atoms with Crippen LogP contribution in [0.25, 0.3) is 11.0 Å². The number of rotatable bonds is 6. The number of carbonyl (C=O) groups excluding carboxylic acids is 2. The van der Waals surface area contributed by atoms with Crippen LogP contribution in [0.5, 0.6) is 0 Å². The van der Waals surface area contributed by atoms with Crippen molar-refractivity contribution >= 4 is 28.7 Å². The van der Waals surface area contributed by atoms with E-state index in [0.717, 1.165) is 55.7 Å². The molecule has 1 aliphatic heterocycles. The summed E-state index contributed by atoms with van der Waals surface area (Å²) >= 11 is 0. The number of nitrogens with zero attached hydrogens (tertiary/aromatic N) is 5. The van der Waals surface area contributed by atoms with Gasteiger partial charge in [0.15, 0.2) is 0 Å². The zero-order chi connectivity index (χ0) is 20.4. The van der Waals surface area contributed by atoms with Crippen molar-refractivity contribution in [3.63, 3.8) is 0 Å². The van der Waals surface area contributed by atoms with Crippen molar-refractivity contribution in [2.75, 3.05) is 44.2 Å². The van der Waals surface area contributed by atoms with Gasteiger partial charge in [-0.05, 0) is 25.3 Å². The van der Waals surface area contributed by atoms with Crippen LogP contribution in [-0.4, -0.2) is 75.9 Å². The van der Waals surface area contributed by atoms with Crippen molar-refractivity contribution in [2.24, 2.45) is 5.41 Å². The average Bonchev–Trinajstić information content (AvgIpc) is 3.35. The minimum absolute atomic E-state index is 0.00646. The van der Waals surface area contributed by atoms with E-state index < -0.39 is 0 Å². The van der Waals surface area contributed by atoms with Gasteiger partial charge in [-0.25, -0.2) is 14.8 Å². The molecule has 1 aliphatic carbocycles. The van der Waals surface area contributed by atoms with Crippen LogP contribution in [0.4, 0.5) is 5.82 Å². The lowest BCUT2D eigenvalue weighted by atomic mass is 10.1. The molecule has 154 valence electrons. The number of hydrogen-bond acceptors (Lipinski definition) is 6. The third-order valence-corrected chi connectivity index (χ3v) is 6.06. The molecule has 8 nitrogen and oxygen atoms in total. The Labute approximate surface area is 170 Å². The first-order valence-corrected chi connectivity index (χ1v) is 10.3. The summed E-state index contributed by atoms with van der Waals surface area (Å²) in [5.41, 5.74) is 1.58. The van der Waals surface area contributed by atoms with Crippen molar-refractivity contribution < 1.29 is 9.59 Å². The van der Waals surface area contributed by atoms with E-state index >= 15 is 0 Å². The molecule has 1 spiro atoms. The number of H-pyrrole nitrogens is 1. The van der Waals surface area contributed by atoms with Crippen molar-refractivity contribution in [1.82, 2.24) is 24.8 Å². The molecule has 0 atom stereocenters. The SMILES string of the molecule is CCCN(CC(=C=O)N1CCN(c2ncnc3[nH]ccc23)CC2(CC2)C1)C(C)=O. The largest absolute Gasteiger partial charge is 0.362 e. The van der Waals surface area contributed by atoms with Crippen LogP contribution in [0.3, 0.4) is 0 Å². The quantitative estimate of drug-likeness (QED) is 0.750. The Hall–Kier alpha value is -2.86. The van der Waals surface area contributed by atoms with Crippen LogP contribution < -0.4 is 4.90 Å². The minimum Gasteiger partial charge on any atom is -0.362 e. The van der Waals surface area contributed by atoms with Gasteiger partial charge >= 0.3 is 0 Å². The molecule has 1 amide bonds. The van der Waals surface area contributed by atoms with Crippen LogP contribution in [0.15, 0.2) is 24.3 Å². The number of hydrogen-bond donors (Lipinski definition) is 1. The summed E-state index contributed by atoms with van der Waals surface area (Å²) in [5, 5.41) is 1.02. The van der Waals surface area contributed by atoms with Gasteiger partial charge in [0.25, 0.3) is 0 Å². The van der Waals surface area contributed by atoms with E-state index in [1.807, 2.05) is 19.2 Å². The van der Waals surface area contributed by atoms with Gasteiger partial charge in [0.1, 0.15) is 29.4 Å². The number of anilines is 1. The molecule has 0 bridgehead atoms. The average molecular weight is 396 g/mol. The molecule has 2 aromatic heterocycles.